The smallest absolute Gasteiger partial charge is 0.317 e. The number of hydrogen-bond acceptors (Lipinski definition) is 5. The highest BCUT2D eigenvalue weighted by Gasteiger charge is 3.03. The molecule has 1 saturated carbocycles. The lowest BCUT2D eigenvalue weighted by Gasteiger charge is -2.31. The first-order valence-electron chi connectivity index (χ1n) is 9.45. The van der Waals surface area contributed by atoms with Gasteiger partial charge in [0, 0.05) is 19.6 Å². The van der Waals surface area contributed by atoms with Gasteiger partial charge in [0.1, 0.15) is 0 Å². The lowest BCUT2D eigenvalue weighted by atomic mass is 9.79. The van der Waals surface area contributed by atoms with Gasteiger partial charge < -0.3 is 9.47 Å². The van der Waals surface area contributed by atoms with E-state index in [-0.39, 0.29) is 5.84 Å². The van der Waals surface area contributed by atoms with Gasteiger partial charge in [0.2, 0.25) is 0 Å². The second kappa shape index (κ2) is 6.42. The third kappa shape index (κ3) is 2.03. The van der Waals surface area contributed by atoms with Gasteiger partial charge in [-0.3, -0.25) is 5.73 Å². The second-order valence-electron chi connectivity index (χ2n) is 7.69. The predicted molar refractivity (Wildman–Crippen MR) is 106 cm³/mol. The maximum atomic E-state index is 10.5. The average molecular weight is 387 g/mol. The summed E-state index contributed by atoms with van der Waals surface area (Å²) in [6, 6.07) is 24.5. The molecule has 6 heteroatoms. The number of benzene rings is 2. The molecule has 0 aromatic heterocycles. The fraction of sp³-hybridized carbons (Fsp3) is 0.348. The van der Waals surface area contributed by atoms with Crippen molar-refractivity contribution in [2.75, 3.05) is 14.2 Å². The largest absolute Gasteiger partial charge is 0.342 e. The van der Waals surface area contributed by atoms with Crippen molar-refractivity contribution in [1.82, 2.24) is 0 Å². The van der Waals surface area contributed by atoms with Gasteiger partial charge in [0.25, 0.3) is 5.84 Å². The molecule has 2 aliphatic rings. The number of nitrogens with two attached hydrogens (primary N) is 1. The Bertz CT molecular complexity index is 993. The number of hydrogen-bond donors (Lipinski definition) is 2. The monoisotopic (exact) mass is 387 g/mol. The highest BCUT2D eigenvalue weighted by molar-refractivity contribution is 5.95. The number of fused-ring (bicyclic) bond motifs is 1. The summed E-state index contributed by atoms with van der Waals surface area (Å²) in [5, 5.41) is 20.9. The van der Waals surface area contributed by atoms with Crippen molar-refractivity contribution in [2.24, 2.45) is 22.0 Å². The molecule has 0 amide bonds. The SMILES string of the molecule is COC1(OC)[NH+]=C(N)[C@@]2(C#N)C(Cc3ccccc3)(Cc3ccccc3)[C@@]12C#N. The van der Waals surface area contributed by atoms with Crippen molar-refractivity contribution in [3.8, 4) is 12.1 Å². The van der Waals surface area contributed by atoms with E-state index in [1.807, 2.05) is 60.7 Å². The van der Waals surface area contributed by atoms with E-state index in [4.69, 9.17) is 15.2 Å². The zero-order valence-corrected chi connectivity index (χ0v) is 16.5. The molecule has 2 atom stereocenters. The fourth-order valence-electron chi connectivity index (χ4n) is 5.57. The van der Waals surface area contributed by atoms with Crippen LogP contribution in [0.25, 0.3) is 0 Å². The van der Waals surface area contributed by atoms with Crippen molar-refractivity contribution >= 4 is 5.84 Å². The molecule has 0 unspecified atom stereocenters. The summed E-state index contributed by atoms with van der Waals surface area (Å²) in [4.78, 5) is 2.98. The number of methoxy groups -OCH3 is 2. The van der Waals surface area contributed by atoms with Crippen LogP contribution >= 0.6 is 0 Å². The van der Waals surface area contributed by atoms with Crippen LogP contribution in [0.5, 0.6) is 0 Å². The first-order valence-corrected chi connectivity index (χ1v) is 9.45. The van der Waals surface area contributed by atoms with Gasteiger partial charge in [-0.25, -0.2) is 4.99 Å². The van der Waals surface area contributed by atoms with Gasteiger partial charge in [-0.05, 0) is 24.0 Å². The Kier molecular flexibility index (Phi) is 4.24. The Labute approximate surface area is 170 Å². The first kappa shape index (κ1) is 19.1. The maximum absolute atomic E-state index is 10.5. The minimum Gasteiger partial charge on any atom is -0.317 e. The molecule has 1 heterocycles. The quantitative estimate of drug-likeness (QED) is 0.716. The van der Waals surface area contributed by atoms with Crippen LogP contribution in [0.4, 0.5) is 0 Å². The molecule has 0 radical (unpaired) electrons. The van der Waals surface area contributed by atoms with Crippen molar-refractivity contribution in [2.45, 2.75) is 18.8 Å². The molecule has 3 N–H and O–H groups in total. The van der Waals surface area contributed by atoms with Crippen LogP contribution in [0.1, 0.15) is 11.1 Å². The summed E-state index contributed by atoms with van der Waals surface area (Å²) < 4.78 is 11.4. The van der Waals surface area contributed by atoms with Crippen LogP contribution in [0, 0.1) is 38.9 Å². The third-order valence-electron chi connectivity index (χ3n) is 6.74. The van der Waals surface area contributed by atoms with Crippen LogP contribution in [0.2, 0.25) is 0 Å². The summed E-state index contributed by atoms with van der Waals surface area (Å²) >= 11 is 0. The van der Waals surface area contributed by atoms with Gasteiger partial charge in [-0.2, -0.15) is 10.5 Å². The summed E-state index contributed by atoms with van der Waals surface area (Å²) in [7, 11) is 2.93. The molecular weight excluding hydrogens is 364 g/mol. The normalized spacial score (nSPS) is 27.9. The number of nitrogens with zero attached hydrogens (tertiary/aromatic N) is 2. The van der Waals surface area contributed by atoms with Crippen molar-refractivity contribution in [3.05, 3.63) is 71.8 Å². The second-order valence-corrected chi connectivity index (χ2v) is 7.69. The van der Waals surface area contributed by atoms with E-state index in [1.54, 1.807) is 0 Å². The highest BCUT2D eigenvalue weighted by Crippen LogP contribution is 2.84. The zero-order valence-electron chi connectivity index (χ0n) is 16.5. The zero-order chi connectivity index (χ0) is 20.8. The van der Waals surface area contributed by atoms with E-state index in [0.29, 0.717) is 12.8 Å². The Morgan fingerprint density at radius 2 is 1.34 bits per heavy atom. The molecule has 1 fully saturated rings. The van der Waals surface area contributed by atoms with E-state index in [1.165, 1.54) is 14.2 Å². The van der Waals surface area contributed by atoms with E-state index in [2.05, 4.69) is 17.1 Å². The summed E-state index contributed by atoms with van der Waals surface area (Å²) in [6.45, 7) is 0. The molecule has 1 aliphatic heterocycles. The predicted octanol–water partition coefficient (Wildman–Crippen LogP) is 0.890. The minimum absolute atomic E-state index is 0.220. The van der Waals surface area contributed by atoms with Gasteiger partial charge >= 0.3 is 5.91 Å². The standard InChI is InChI=1S/C23H22N4O2/c1-28-23(29-2)22(16-25)20(13-17-9-5-3-6-10-17,14-18-11-7-4-8-12-18)21(22,15-24)19(26)27-23/h3-12H,13-14H2,1-2H3,(H2,26,27)/p+1/t21-,22+/m0/s1. The van der Waals surface area contributed by atoms with E-state index >= 15 is 0 Å². The lowest BCUT2D eigenvalue weighted by molar-refractivity contribution is -0.690. The van der Waals surface area contributed by atoms with E-state index < -0.39 is 22.2 Å². The summed E-state index contributed by atoms with van der Waals surface area (Å²) in [6.07, 6.45) is 0.974. The van der Waals surface area contributed by atoms with Crippen LogP contribution < -0.4 is 10.7 Å². The Morgan fingerprint density at radius 3 is 1.72 bits per heavy atom. The number of nitriles is 2. The van der Waals surface area contributed by atoms with Gasteiger partial charge in [-0.15, -0.1) is 0 Å². The highest BCUT2D eigenvalue weighted by atomic mass is 16.7. The molecule has 4 rings (SSSR count). The van der Waals surface area contributed by atoms with Gasteiger partial charge in [0.05, 0.1) is 12.1 Å². The molecule has 6 nitrogen and oxygen atoms in total. The van der Waals surface area contributed by atoms with Gasteiger partial charge in [-0.1, -0.05) is 60.7 Å². The average Bonchev–Trinajstić information content (AvgIpc) is 3.17. The Hall–Kier alpha value is -3.19. The number of ether oxygens (including phenoxy) is 2. The third-order valence-corrected chi connectivity index (χ3v) is 6.74. The lowest BCUT2D eigenvalue weighted by Crippen LogP contribution is -2.91. The Balaban J connectivity index is 1.97. The summed E-state index contributed by atoms with van der Waals surface area (Å²) in [5.41, 5.74) is 5.05. The minimum atomic E-state index is -1.51. The van der Waals surface area contributed by atoms with Gasteiger partial charge in [0.15, 0.2) is 10.8 Å². The van der Waals surface area contributed by atoms with Crippen LogP contribution in [0.3, 0.4) is 0 Å². The Morgan fingerprint density at radius 1 is 0.862 bits per heavy atom. The molecule has 2 aromatic carbocycles. The number of nitrogens with one attached hydrogen (secondary N) is 1. The molecule has 0 bridgehead atoms. The van der Waals surface area contributed by atoms with E-state index in [9.17, 15) is 10.5 Å². The van der Waals surface area contributed by atoms with Crippen molar-refractivity contribution in [3.63, 3.8) is 0 Å². The number of amidine groups is 1. The first-order chi connectivity index (χ1) is 14.0. The van der Waals surface area contributed by atoms with Crippen molar-refractivity contribution in [1.29, 1.82) is 10.5 Å². The fourth-order valence-corrected chi connectivity index (χ4v) is 5.57. The van der Waals surface area contributed by atoms with Crippen LogP contribution in [-0.4, -0.2) is 26.0 Å². The molecular formula is C23H23N4O2+. The molecule has 0 saturated heterocycles. The van der Waals surface area contributed by atoms with Crippen LogP contribution in [-0.2, 0) is 22.3 Å². The van der Waals surface area contributed by atoms with Crippen LogP contribution in [0.15, 0.2) is 60.7 Å². The summed E-state index contributed by atoms with van der Waals surface area (Å²) in [5.74, 6) is -1.29. The molecule has 1 aliphatic carbocycles. The number of rotatable bonds is 6. The topological polar surface area (TPSA) is 106 Å². The maximum Gasteiger partial charge on any atom is 0.342 e. The molecule has 2 aromatic rings. The van der Waals surface area contributed by atoms with E-state index in [0.717, 1.165) is 11.1 Å². The van der Waals surface area contributed by atoms with Crippen molar-refractivity contribution < 1.29 is 14.5 Å². The molecule has 0 spiro atoms. The molecule has 29 heavy (non-hydrogen) atoms. The molecule has 146 valence electrons.